The molecule has 0 aliphatic carbocycles. The zero-order chi connectivity index (χ0) is 18.0. The predicted octanol–water partition coefficient (Wildman–Crippen LogP) is 2.52. The summed E-state index contributed by atoms with van der Waals surface area (Å²) in [4.78, 5) is 37.4. The molecule has 0 bridgehead atoms. The van der Waals surface area contributed by atoms with Gasteiger partial charge in [-0.3, -0.25) is 19.3 Å². The van der Waals surface area contributed by atoms with Crippen LogP contribution in [0.15, 0.2) is 42.5 Å². The van der Waals surface area contributed by atoms with E-state index in [1.807, 2.05) is 0 Å². The van der Waals surface area contributed by atoms with E-state index in [9.17, 15) is 23.2 Å². The van der Waals surface area contributed by atoms with Gasteiger partial charge in [0.15, 0.2) is 0 Å². The fourth-order valence-corrected chi connectivity index (χ4v) is 2.64. The van der Waals surface area contributed by atoms with Crippen LogP contribution >= 0.6 is 0 Å². The first-order valence-electron chi connectivity index (χ1n) is 7.63. The van der Waals surface area contributed by atoms with Gasteiger partial charge in [-0.15, -0.1) is 0 Å². The first-order valence-corrected chi connectivity index (χ1v) is 7.63. The van der Waals surface area contributed by atoms with Gasteiger partial charge in [-0.05, 0) is 23.8 Å². The molecule has 1 heterocycles. The number of carbonyl (C=O) groups is 3. The Morgan fingerprint density at radius 3 is 2.64 bits per heavy atom. The van der Waals surface area contributed by atoms with E-state index in [1.165, 1.54) is 0 Å². The molecule has 0 radical (unpaired) electrons. The lowest BCUT2D eigenvalue weighted by Gasteiger charge is -2.26. The third-order valence-electron chi connectivity index (χ3n) is 3.90. The minimum absolute atomic E-state index is 0.0934. The van der Waals surface area contributed by atoms with Gasteiger partial charge in [0.05, 0.1) is 12.1 Å². The van der Waals surface area contributed by atoms with Crippen molar-refractivity contribution in [1.82, 2.24) is 4.90 Å². The Labute approximate surface area is 142 Å². The van der Waals surface area contributed by atoms with Crippen molar-refractivity contribution in [2.24, 2.45) is 0 Å². The maximum absolute atomic E-state index is 13.5. The molecule has 0 spiro atoms. The summed E-state index contributed by atoms with van der Waals surface area (Å²) < 4.78 is 26.4. The number of nitrogens with one attached hydrogen (secondary N) is 1. The van der Waals surface area contributed by atoms with Crippen LogP contribution in [0.3, 0.4) is 0 Å². The molecule has 0 aromatic heterocycles. The molecule has 3 amide bonds. The minimum Gasteiger partial charge on any atom is -0.324 e. The normalized spacial score (nSPS) is 13.6. The van der Waals surface area contributed by atoms with E-state index in [0.29, 0.717) is 17.2 Å². The highest BCUT2D eigenvalue weighted by molar-refractivity contribution is 6.10. The van der Waals surface area contributed by atoms with Crippen LogP contribution in [0.5, 0.6) is 0 Å². The number of hydrogen-bond acceptors (Lipinski definition) is 3. The molecule has 0 fully saturated rings. The molecular formula is C18H14F2N2O3. The average molecular weight is 344 g/mol. The molecule has 7 heteroatoms. The Balaban J connectivity index is 1.64. The van der Waals surface area contributed by atoms with E-state index in [4.69, 9.17) is 0 Å². The number of imide groups is 1. The summed E-state index contributed by atoms with van der Waals surface area (Å²) in [5.74, 6) is -3.06. The van der Waals surface area contributed by atoms with Gasteiger partial charge >= 0.3 is 0 Å². The van der Waals surface area contributed by atoms with Gasteiger partial charge in [-0.2, -0.15) is 0 Å². The number of anilines is 1. The first-order chi connectivity index (χ1) is 12.0. The Hall–Kier alpha value is -3.09. The van der Waals surface area contributed by atoms with Crippen LogP contribution in [-0.2, 0) is 16.0 Å². The second-order valence-electron chi connectivity index (χ2n) is 5.61. The third-order valence-corrected chi connectivity index (χ3v) is 3.90. The number of halogens is 2. The number of carbonyl (C=O) groups excluding carboxylic acids is 3. The smallest absolute Gasteiger partial charge is 0.260 e. The standard InChI is InChI=1S/C18H14F2N2O3/c19-12-5-6-15(14(20)10-12)21-16(23)7-8-22-17(24)9-11-3-1-2-4-13(11)18(22)25/h1-6,10H,7-9H2,(H,21,23). The maximum atomic E-state index is 13.5. The largest absolute Gasteiger partial charge is 0.324 e. The van der Waals surface area contributed by atoms with Crippen molar-refractivity contribution in [3.05, 3.63) is 65.2 Å². The molecule has 0 saturated heterocycles. The SMILES string of the molecule is O=C(CCN1C(=O)Cc2ccccc2C1=O)Nc1ccc(F)cc1F. The van der Waals surface area contributed by atoms with E-state index < -0.39 is 23.4 Å². The molecule has 1 aliphatic heterocycles. The van der Waals surface area contributed by atoms with Crippen LogP contribution in [-0.4, -0.2) is 29.2 Å². The second-order valence-corrected chi connectivity index (χ2v) is 5.61. The molecule has 128 valence electrons. The Morgan fingerprint density at radius 2 is 1.88 bits per heavy atom. The lowest BCUT2D eigenvalue weighted by atomic mass is 9.98. The molecule has 0 unspecified atom stereocenters. The van der Waals surface area contributed by atoms with E-state index in [0.717, 1.165) is 17.0 Å². The summed E-state index contributed by atoms with van der Waals surface area (Å²) in [5.41, 5.74) is 0.937. The van der Waals surface area contributed by atoms with Crippen molar-refractivity contribution in [3.63, 3.8) is 0 Å². The van der Waals surface area contributed by atoms with E-state index in [-0.39, 0.29) is 31.0 Å². The Kier molecular flexibility index (Phi) is 4.56. The van der Waals surface area contributed by atoms with Crippen molar-refractivity contribution in [3.8, 4) is 0 Å². The topological polar surface area (TPSA) is 66.5 Å². The van der Waals surface area contributed by atoms with Gasteiger partial charge < -0.3 is 5.32 Å². The highest BCUT2D eigenvalue weighted by Crippen LogP contribution is 2.20. The van der Waals surface area contributed by atoms with Crippen LogP contribution < -0.4 is 5.32 Å². The molecule has 0 atom stereocenters. The number of amides is 3. The van der Waals surface area contributed by atoms with Crippen LogP contribution in [0.25, 0.3) is 0 Å². The number of benzene rings is 2. The van der Waals surface area contributed by atoms with Gasteiger partial charge in [0.2, 0.25) is 11.8 Å². The highest BCUT2D eigenvalue weighted by Gasteiger charge is 2.30. The molecule has 0 saturated carbocycles. The van der Waals surface area contributed by atoms with Crippen molar-refractivity contribution < 1.29 is 23.2 Å². The number of nitrogens with zero attached hydrogens (tertiary/aromatic N) is 1. The molecule has 3 rings (SSSR count). The molecule has 1 aliphatic rings. The number of hydrogen-bond donors (Lipinski definition) is 1. The summed E-state index contributed by atoms with van der Waals surface area (Å²) in [6.45, 7) is -0.110. The van der Waals surface area contributed by atoms with E-state index in [1.54, 1.807) is 24.3 Å². The van der Waals surface area contributed by atoms with Crippen LogP contribution in [0.1, 0.15) is 22.3 Å². The summed E-state index contributed by atoms with van der Waals surface area (Å²) >= 11 is 0. The van der Waals surface area contributed by atoms with Crippen LogP contribution in [0.2, 0.25) is 0 Å². The summed E-state index contributed by atoms with van der Waals surface area (Å²) in [7, 11) is 0. The van der Waals surface area contributed by atoms with Gasteiger partial charge in [0, 0.05) is 24.6 Å². The number of rotatable bonds is 4. The third kappa shape index (κ3) is 3.55. The predicted molar refractivity (Wildman–Crippen MR) is 85.8 cm³/mol. The molecule has 5 nitrogen and oxygen atoms in total. The quantitative estimate of drug-likeness (QED) is 0.867. The van der Waals surface area contributed by atoms with Gasteiger partial charge in [-0.25, -0.2) is 8.78 Å². The van der Waals surface area contributed by atoms with E-state index >= 15 is 0 Å². The van der Waals surface area contributed by atoms with Crippen molar-refractivity contribution in [2.75, 3.05) is 11.9 Å². The zero-order valence-electron chi connectivity index (χ0n) is 13.1. The summed E-state index contributed by atoms with van der Waals surface area (Å²) in [5, 5.41) is 2.30. The molecule has 2 aromatic carbocycles. The molecular weight excluding hydrogens is 330 g/mol. The molecule has 2 aromatic rings. The monoisotopic (exact) mass is 344 g/mol. The summed E-state index contributed by atoms with van der Waals surface area (Å²) in [6, 6.07) is 9.58. The van der Waals surface area contributed by atoms with Crippen LogP contribution in [0.4, 0.5) is 14.5 Å². The lowest BCUT2D eigenvalue weighted by molar-refractivity contribution is -0.128. The summed E-state index contributed by atoms with van der Waals surface area (Å²) in [6.07, 6.45) is -0.0907. The minimum atomic E-state index is -0.896. The van der Waals surface area contributed by atoms with Crippen LogP contribution in [0, 0.1) is 11.6 Å². The fourth-order valence-electron chi connectivity index (χ4n) is 2.64. The Bertz CT molecular complexity index is 867. The zero-order valence-corrected chi connectivity index (χ0v) is 13.1. The van der Waals surface area contributed by atoms with Gasteiger partial charge in [-0.1, -0.05) is 18.2 Å². The van der Waals surface area contributed by atoms with Crippen molar-refractivity contribution in [2.45, 2.75) is 12.8 Å². The van der Waals surface area contributed by atoms with Gasteiger partial charge in [0.1, 0.15) is 11.6 Å². The fraction of sp³-hybridized carbons (Fsp3) is 0.167. The lowest BCUT2D eigenvalue weighted by Crippen LogP contribution is -2.43. The van der Waals surface area contributed by atoms with Crippen molar-refractivity contribution >= 4 is 23.4 Å². The van der Waals surface area contributed by atoms with E-state index in [2.05, 4.69) is 5.32 Å². The number of fused-ring (bicyclic) bond motifs is 1. The second kappa shape index (κ2) is 6.80. The van der Waals surface area contributed by atoms with Gasteiger partial charge in [0.25, 0.3) is 5.91 Å². The molecule has 25 heavy (non-hydrogen) atoms. The maximum Gasteiger partial charge on any atom is 0.260 e. The molecule has 1 N–H and O–H groups in total. The first kappa shape index (κ1) is 16.8. The average Bonchev–Trinajstić information content (AvgIpc) is 2.57. The van der Waals surface area contributed by atoms with Crippen molar-refractivity contribution in [1.29, 1.82) is 0 Å². The highest BCUT2D eigenvalue weighted by atomic mass is 19.1. The Morgan fingerprint density at radius 1 is 1.12 bits per heavy atom.